The lowest BCUT2D eigenvalue weighted by atomic mass is 10.0. The molecule has 0 bridgehead atoms. The van der Waals surface area contributed by atoms with Crippen LogP contribution < -0.4 is 10.1 Å². The van der Waals surface area contributed by atoms with Crippen molar-refractivity contribution in [3.05, 3.63) is 65.0 Å². The Labute approximate surface area is 168 Å². The molecule has 0 fully saturated rings. The number of nitrogens with zero attached hydrogens (tertiary/aromatic N) is 1. The van der Waals surface area contributed by atoms with Crippen LogP contribution in [0.15, 0.2) is 51.9 Å². The van der Waals surface area contributed by atoms with E-state index in [1.54, 1.807) is 25.6 Å². The number of aromatic nitrogens is 1. The minimum Gasteiger partial charge on any atom is -0.488 e. The second kappa shape index (κ2) is 7.72. The smallest absolute Gasteiger partial charge is 0.256 e. The lowest BCUT2D eigenvalue weighted by Crippen LogP contribution is -2.34. The van der Waals surface area contributed by atoms with Gasteiger partial charge in [-0.1, -0.05) is 23.4 Å². The van der Waals surface area contributed by atoms with Gasteiger partial charge in [-0.3, -0.25) is 4.79 Å². The number of hydrogen-bond acceptors (Lipinski definition) is 5. The van der Waals surface area contributed by atoms with Crippen molar-refractivity contribution in [1.82, 2.24) is 10.5 Å². The summed E-state index contributed by atoms with van der Waals surface area (Å²) >= 11 is 1.74. The standard InChI is InChI=1S/C22H22N2O3S/c1-13-21(14(2)27-24-13)22(25)23-12-18-11-17-10-16(6-9-20(17)26-18)15-4-7-19(28-3)8-5-15/h4-10,18H,11-12H2,1-3H3,(H,23,25). The Bertz CT molecular complexity index is 992. The van der Waals surface area contributed by atoms with Gasteiger partial charge >= 0.3 is 0 Å². The summed E-state index contributed by atoms with van der Waals surface area (Å²) in [5.41, 5.74) is 4.64. The number of fused-ring (bicyclic) bond motifs is 1. The fourth-order valence-corrected chi connectivity index (χ4v) is 3.91. The molecule has 2 aromatic carbocycles. The molecule has 144 valence electrons. The first-order valence-corrected chi connectivity index (χ1v) is 10.4. The number of rotatable bonds is 5. The van der Waals surface area contributed by atoms with Crippen molar-refractivity contribution in [2.24, 2.45) is 0 Å². The molecular weight excluding hydrogens is 372 g/mol. The van der Waals surface area contributed by atoms with E-state index in [-0.39, 0.29) is 12.0 Å². The highest BCUT2D eigenvalue weighted by atomic mass is 32.2. The minimum absolute atomic E-state index is 0.0754. The quantitative estimate of drug-likeness (QED) is 0.649. The molecule has 2 heterocycles. The van der Waals surface area contributed by atoms with Gasteiger partial charge < -0.3 is 14.6 Å². The topological polar surface area (TPSA) is 64.4 Å². The van der Waals surface area contributed by atoms with Crippen LogP contribution in [0, 0.1) is 13.8 Å². The minimum atomic E-state index is -0.176. The number of hydrogen-bond donors (Lipinski definition) is 1. The second-order valence-electron chi connectivity index (χ2n) is 6.90. The van der Waals surface area contributed by atoms with Gasteiger partial charge in [0.05, 0.1) is 12.2 Å². The number of benzene rings is 2. The SMILES string of the molecule is CSc1ccc(-c2ccc3c(c2)CC(CNC(=O)c2c(C)noc2C)O3)cc1. The van der Waals surface area contributed by atoms with Gasteiger partial charge in [0.15, 0.2) is 0 Å². The van der Waals surface area contributed by atoms with Crippen molar-refractivity contribution in [2.75, 3.05) is 12.8 Å². The molecule has 28 heavy (non-hydrogen) atoms. The molecule has 0 saturated heterocycles. The fraction of sp³-hybridized carbons (Fsp3) is 0.273. The summed E-state index contributed by atoms with van der Waals surface area (Å²) in [5.74, 6) is 1.24. The molecule has 1 N–H and O–H groups in total. The maximum absolute atomic E-state index is 12.4. The van der Waals surface area contributed by atoms with Crippen molar-refractivity contribution in [3.63, 3.8) is 0 Å². The van der Waals surface area contributed by atoms with E-state index in [1.807, 2.05) is 6.07 Å². The van der Waals surface area contributed by atoms with Gasteiger partial charge in [0.25, 0.3) is 5.91 Å². The molecule has 1 aliphatic rings. The molecule has 0 saturated carbocycles. The van der Waals surface area contributed by atoms with Gasteiger partial charge in [0.1, 0.15) is 23.2 Å². The van der Waals surface area contributed by atoms with Crippen molar-refractivity contribution in [3.8, 4) is 16.9 Å². The predicted octanol–water partition coefficient (Wildman–Crippen LogP) is 4.41. The number of nitrogens with one attached hydrogen (secondary N) is 1. The number of ether oxygens (including phenoxy) is 1. The van der Waals surface area contributed by atoms with E-state index in [1.165, 1.54) is 21.6 Å². The van der Waals surface area contributed by atoms with Gasteiger partial charge in [0.2, 0.25) is 0 Å². The molecule has 0 spiro atoms. The van der Waals surface area contributed by atoms with Gasteiger partial charge in [0, 0.05) is 11.3 Å². The fourth-order valence-electron chi connectivity index (χ4n) is 3.50. The molecule has 1 amide bonds. The first kappa shape index (κ1) is 18.6. The summed E-state index contributed by atoms with van der Waals surface area (Å²) in [6, 6.07) is 14.8. The third-order valence-electron chi connectivity index (χ3n) is 4.98. The van der Waals surface area contributed by atoms with Crippen LogP contribution in [-0.4, -0.2) is 30.0 Å². The van der Waals surface area contributed by atoms with Crippen molar-refractivity contribution < 1.29 is 14.1 Å². The van der Waals surface area contributed by atoms with Crippen LogP contribution in [0.1, 0.15) is 27.4 Å². The Hall–Kier alpha value is -2.73. The molecule has 0 aliphatic carbocycles. The van der Waals surface area contributed by atoms with Gasteiger partial charge in [-0.15, -0.1) is 11.8 Å². The first-order chi connectivity index (χ1) is 13.5. The predicted molar refractivity (Wildman–Crippen MR) is 110 cm³/mol. The lowest BCUT2D eigenvalue weighted by Gasteiger charge is -2.11. The highest BCUT2D eigenvalue weighted by Crippen LogP contribution is 2.33. The molecule has 6 heteroatoms. The average Bonchev–Trinajstić information content (AvgIpc) is 3.28. The Balaban J connectivity index is 1.41. The van der Waals surface area contributed by atoms with E-state index < -0.39 is 0 Å². The number of amides is 1. The van der Waals surface area contributed by atoms with Gasteiger partial charge in [-0.05, 0) is 61.1 Å². The number of thioether (sulfide) groups is 1. The van der Waals surface area contributed by atoms with Crippen molar-refractivity contribution in [1.29, 1.82) is 0 Å². The summed E-state index contributed by atoms with van der Waals surface area (Å²) in [6.07, 6.45) is 2.77. The van der Waals surface area contributed by atoms with E-state index in [4.69, 9.17) is 9.26 Å². The first-order valence-electron chi connectivity index (χ1n) is 9.20. The molecule has 0 radical (unpaired) electrons. The van der Waals surface area contributed by atoms with Crippen LogP contribution in [0.4, 0.5) is 0 Å². The van der Waals surface area contributed by atoms with Crippen LogP contribution in [0.5, 0.6) is 5.75 Å². The molecule has 1 unspecified atom stereocenters. The third kappa shape index (κ3) is 3.64. The zero-order valence-corrected chi connectivity index (χ0v) is 16.9. The zero-order valence-electron chi connectivity index (χ0n) is 16.1. The number of carbonyl (C=O) groups is 1. The summed E-state index contributed by atoms with van der Waals surface area (Å²) < 4.78 is 11.1. The van der Waals surface area contributed by atoms with Crippen LogP contribution in [0.2, 0.25) is 0 Å². The zero-order chi connectivity index (χ0) is 19.7. The normalized spacial score (nSPS) is 15.2. The van der Waals surface area contributed by atoms with E-state index in [2.05, 4.69) is 53.1 Å². The Morgan fingerprint density at radius 1 is 1.18 bits per heavy atom. The van der Waals surface area contributed by atoms with Crippen LogP contribution in [-0.2, 0) is 6.42 Å². The molecule has 1 aromatic heterocycles. The summed E-state index contributed by atoms with van der Waals surface area (Å²) in [6.45, 7) is 3.94. The molecule has 1 atom stereocenters. The van der Waals surface area contributed by atoms with Crippen molar-refractivity contribution >= 4 is 17.7 Å². The summed E-state index contributed by atoms with van der Waals surface area (Å²) in [4.78, 5) is 13.7. The molecule has 3 aromatic rings. The highest BCUT2D eigenvalue weighted by Gasteiger charge is 2.25. The lowest BCUT2D eigenvalue weighted by molar-refractivity contribution is 0.0931. The Morgan fingerprint density at radius 2 is 1.93 bits per heavy atom. The Morgan fingerprint density at radius 3 is 2.61 bits per heavy atom. The average molecular weight is 394 g/mol. The monoisotopic (exact) mass is 394 g/mol. The third-order valence-corrected chi connectivity index (χ3v) is 5.72. The largest absolute Gasteiger partial charge is 0.488 e. The Kier molecular flexibility index (Phi) is 5.13. The van der Waals surface area contributed by atoms with Crippen LogP contribution in [0.25, 0.3) is 11.1 Å². The van der Waals surface area contributed by atoms with Crippen LogP contribution >= 0.6 is 11.8 Å². The van der Waals surface area contributed by atoms with E-state index in [9.17, 15) is 4.79 Å². The van der Waals surface area contributed by atoms with Crippen LogP contribution in [0.3, 0.4) is 0 Å². The second-order valence-corrected chi connectivity index (χ2v) is 7.78. The summed E-state index contributed by atoms with van der Waals surface area (Å²) in [5, 5.41) is 6.77. The van der Waals surface area contributed by atoms with E-state index >= 15 is 0 Å². The molecule has 1 aliphatic heterocycles. The van der Waals surface area contributed by atoms with E-state index in [0.29, 0.717) is 23.6 Å². The number of carbonyl (C=O) groups excluding carboxylic acids is 1. The molecule has 5 nitrogen and oxygen atoms in total. The van der Waals surface area contributed by atoms with Crippen molar-refractivity contribution in [2.45, 2.75) is 31.3 Å². The van der Waals surface area contributed by atoms with Gasteiger partial charge in [-0.25, -0.2) is 0 Å². The number of aryl methyl sites for hydroxylation is 2. The van der Waals surface area contributed by atoms with E-state index in [0.717, 1.165) is 12.2 Å². The highest BCUT2D eigenvalue weighted by molar-refractivity contribution is 7.98. The molecular formula is C22H22N2O3S. The maximum atomic E-state index is 12.4. The molecule has 4 rings (SSSR count). The maximum Gasteiger partial charge on any atom is 0.256 e. The summed E-state index contributed by atoms with van der Waals surface area (Å²) in [7, 11) is 0. The van der Waals surface area contributed by atoms with Gasteiger partial charge in [-0.2, -0.15) is 0 Å².